The number of guanidine groups is 1. The molecule has 0 aliphatic heterocycles. The molecule has 0 spiro atoms. The van der Waals surface area contributed by atoms with Crippen LogP contribution in [0.25, 0.3) is 0 Å². The number of nitrogens with one attached hydrogen (secondary N) is 2. The molecule has 0 saturated heterocycles. The van der Waals surface area contributed by atoms with Gasteiger partial charge in [0.1, 0.15) is 11.5 Å². The average Bonchev–Trinajstić information content (AvgIpc) is 2.63. The number of hydrogen-bond donors (Lipinski definition) is 3. The molecule has 0 unspecified atom stereocenters. The van der Waals surface area contributed by atoms with Crippen LogP contribution in [0, 0.1) is 0 Å². The van der Waals surface area contributed by atoms with Crippen LogP contribution in [0.2, 0.25) is 0 Å². The molecule has 2 rings (SSSR count). The van der Waals surface area contributed by atoms with Gasteiger partial charge in [-0.25, -0.2) is 0 Å². The molecule has 0 heterocycles. The summed E-state index contributed by atoms with van der Waals surface area (Å²) in [5.41, 5.74) is 0.760. The molecule has 0 atom stereocenters. The van der Waals surface area contributed by atoms with Crippen LogP contribution in [0.4, 0.5) is 0 Å². The van der Waals surface area contributed by atoms with Crippen LogP contribution in [0.1, 0.15) is 5.56 Å². The lowest BCUT2D eigenvalue weighted by molar-refractivity contribution is 0.410. The van der Waals surface area contributed by atoms with Crippen molar-refractivity contribution < 1.29 is 9.84 Å². The molecule has 7 heteroatoms. The molecule has 25 heavy (non-hydrogen) atoms. The van der Waals surface area contributed by atoms with E-state index in [9.17, 15) is 5.11 Å². The third-order valence-electron chi connectivity index (χ3n) is 3.36. The second-order valence-electron chi connectivity index (χ2n) is 5.01. The number of nitrogens with zero attached hydrogens (tertiary/aromatic N) is 1. The molecule has 0 amide bonds. The van der Waals surface area contributed by atoms with Crippen LogP contribution in [0.15, 0.2) is 58.4 Å². The number of aliphatic imine (C=N–C) groups is 1. The SMILES string of the molecule is CN=C(NCCSc1ccccc1)NCc1cc(OC)ccc1O.I. The van der Waals surface area contributed by atoms with Gasteiger partial charge >= 0.3 is 0 Å². The summed E-state index contributed by atoms with van der Waals surface area (Å²) in [6.45, 7) is 1.26. The maximum Gasteiger partial charge on any atom is 0.191 e. The number of rotatable bonds is 7. The van der Waals surface area contributed by atoms with E-state index >= 15 is 0 Å². The van der Waals surface area contributed by atoms with Crippen molar-refractivity contribution in [3.8, 4) is 11.5 Å². The average molecular weight is 473 g/mol. The second-order valence-corrected chi connectivity index (χ2v) is 6.18. The highest BCUT2D eigenvalue weighted by molar-refractivity contribution is 14.0. The van der Waals surface area contributed by atoms with Gasteiger partial charge in [0.2, 0.25) is 0 Å². The zero-order valence-electron chi connectivity index (χ0n) is 14.4. The topological polar surface area (TPSA) is 65.9 Å². The molecule has 5 nitrogen and oxygen atoms in total. The van der Waals surface area contributed by atoms with Crippen molar-refractivity contribution >= 4 is 41.7 Å². The van der Waals surface area contributed by atoms with E-state index in [-0.39, 0.29) is 29.7 Å². The monoisotopic (exact) mass is 473 g/mol. The predicted molar refractivity (Wildman–Crippen MR) is 115 cm³/mol. The van der Waals surface area contributed by atoms with E-state index in [0.717, 1.165) is 17.9 Å². The molecular formula is C18H24IN3O2S. The lowest BCUT2D eigenvalue weighted by Gasteiger charge is -2.13. The molecule has 0 aromatic heterocycles. The van der Waals surface area contributed by atoms with Gasteiger partial charge in [-0.15, -0.1) is 35.7 Å². The number of phenols is 1. The van der Waals surface area contributed by atoms with E-state index < -0.39 is 0 Å². The maximum absolute atomic E-state index is 9.90. The van der Waals surface area contributed by atoms with Gasteiger partial charge in [-0.1, -0.05) is 18.2 Å². The van der Waals surface area contributed by atoms with Crippen molar-refractivity contribution in [2.24, 2.45) is 4.99 Å². The summed E-state index contributed by atoms with van der Waals surface area (Å²) in [5, 5.41) is 16.4. The van der Waals surface area contributed by atoms with Gasteiger partial charge in [0.05, 0.1) is 7.11 Å². The minimum Gasteiger partial charge on any atom is -0.508 e. The van der Waals surface area contributed by atoms with E-state index in [2.05, 4.69) is 27.8 Å². The summed E-state index contributed by atoms with van der Waals surface area (Å²) >= 11 is 1.79. The zero-order valence-corrected chi connectivity index (χ0v) is 17.5. The molecule has 0 fully saturated rings. The van der Waals surface area contributed by atoms with Crippen LogP contribution in [0.5, 0.6) is 11.5 Å². The molecule has 3 N–H and O–H groups in total. The normalized spacial score (nSPS) is 10.7. The summed E-state index contributed by atoms with van der Waals surface area (Å²) in [7, 11) is 3.33. The highest BCUT2D eigenvalue weighted by Gasteiger charge is 2.05. The number of aromatic hydroxyl groups is 1. The fraction of sp³-hybridized carbons (Fsp3) is 0.278. The first-order chi connectivity index (χ1) is 11.7. The molecule has 0 radical (unpaired) electrons. The Balaban J connectivity index is 0.00000312. The lowest BCUT2D eigenvalue weighted by Crippen LogP contribution is -2.37. The summed E-state index contributed by atoms with van der Waals surface area (Å²) in [6, 6.07) is 15.5. The van der Waals surface area contributed by atoms with Crippen molar-refractivity contribution in [2.45, 2.75) is 11.4 Å². The Morgan fingerprint density at radius 3 is 2.60 bits per heavy atom. The van der Waals surface area contributed by atoms with Gasteiger partial charge in [0.25, 0.3) is 0 Å². The van der Waals surface area contributed by atoms with Gasteiger partial charge in [0.15, 0.2) is 5.96 Å². The van der Waals surface area contributed by atoms with Gasteiger partial charge in [-0.05, 0) is 30.3 Å². The van der Waals surface area contributed by atoms with Gasteiger partial charge in [-0.3, -0.25) is 4.99 Å². The largest absolute Gasteiger partial charge is 0.508 e. The number of halogens is 1. The summed E-state index contributed by atoms with van der Waals surface area (Å²) < 4.78 is 5.18. The Morgan fingerprint density at radius 1 is 1.16 bits per heavy atom. The predicted octanol–water partition coefficient (Wildman–Crippen LogP) is 3.48. The Hall–Kier alpha value is -1.61. The highest BCUT2D eigenvalue weighted by Crippen LogP contribution is 2.22. The van der Waals surface area contributed by atoms with E-state index in [1.807, 2.05) is 18.2 Å². The van der Waals surface area contributed by atoms with Crippen molar-refractivity contribution in [2.75, 3.05) is 26.5 Å². The van der Waals surface area contributed by atoms with Gasteiger partial charge in [0, 0.05) is 36.3 Å². The smallest absolute Gasteiger partial charge is 0.191 e. The molecule has 2 aromatic rings. The molecular weight excluding hydrogens is 449 g/mol. The third-order valence-corrected chi connectivity index (χ3v) is 4.38. The molecule has 0 bridgehead atoms. The van der Waals surface area contributed by atoms with Gasteiger partial charge < -0.3 is 20.5 Å². The van der Waals surface area contributed by atoms with Crippen LogP contribution < -0.4 is 15.4 Å². The van der Waals surface area contributed by atoms with Crippen LogP contribution in [-0.4, -0.2) is 37.5 Å². The van der Waals surface area contributed by atoms with Crippen molar-refractivity contribution in [3.63, 3.8) is 0 Å². The van der Waals surface area contributed by atoms with E-state index in [1.165, 1.54) is 4.90 Å². The zero-order chi connectivity index (χ0) is 17.2. The number of ether oxygens (including phenoxy) is 1. The molecule has 0 aliphatic rings. The molecule has 136 valence electrons. The van der Waals surface area contributed by atoms with Crippen LogP contribution in [0.3, 0.4) is 0 Å². The highest BCUT2D eigenvalue weighted by atomic mass is 127. The molecule has 0 saturated carbocycles. The standard InChI is InChI=1S/C18H23N3O2S.HI/c1-19-18(20-10-11-24-16-6-4-3-5-7-16)21-13-14-12-15(23-2)8-9-17(14)22;/h3-9,12,22H,10-11,13H2,1-2H3,(H2,19,20,21);1H. The molecule has 0 aliphatic carbocycles. The summed E-state index contributed by atoms with van der Waals surface area (Å²) in [6.07, 6.45) is 0. The first kappa shape index (κ1) is 21.4. The lowest BCUT2D eigenvalue weighted by atomic mass is 10.2. The Morgan fingerprint density at radius 2 is 1.92 bits per heavy atom. The quantitative estimate of drug-likeness (QED) is 0.189. The number of thioether (sulfide) groups is 1. The Labute approximate surface area is 170 Å². The van der Waals surface area contributed by atoms with E-state index in [4.69, 9.17) is 4.74 Å². The van der Waals surface area contributed by atoms with Gasteiger partial charge in [-0.2, -0.15) is 0 Å². The Kier molecular flexibility index (Phi) is 10.2. The van der Waals surface area contributed by atoms with E-state index in [1.54, 1.807) is 44.1 Å². The fourth-order valence-corrected chi connectivity index (χ4v) is 2.87. The summed E-state index contributed by atoms with van der Waals surface area (Å²) in [4.78, 5) is 5.45. The van der Waals surface area contributed by atoms with Crippen LogP contribution in [-0.2, 0) is 6.54 Å². The first-order valence-corrected chi connectivity index (χ1v) is 8.69. The number of phenolic OH excluding ortho intramolecular Hbond substituents is 1. The molecule has 2 aromatic carbocycles. The third kappa shape index (κ3) is 7.43. The number of hydrogen-bond acceptors (Lipinski definition) is 4. The minimum atomic E-state index is 0. The van der Waals surface area contributed by atoms with Crippen LogP contribution >= 0.6 is 35.7 Å². The number of methoxy groups -OCH3 is 1. The van der Waals surface area contributed by atoms with Crippen molar-refractivity contribution in [1.82, 2.24) is 10.6 Å². The van der Waals surface area contributed by atoms with Crippen molar-refractivity contribution in [1.29, 1.82) is 0 Å². The minimum absolute atomic E-state index is 0. The Bertz CT molecular complexity index is 669. The first-order valence-electron chi connectivity index (χ1n) is 7.71. The van der Waals surface area contributed by atoms with E-state index in [0.29, 0.717) is 18.3 Å². The number of benzene rings is 2. The summed E-state index contributed by atoms with van der Waals surface area (Å²) in [5.74, 6) is 2.59. The van der Waals surface area contributed by atoms with Crippen molar-refractivity contribution in [3.05, 3.63) is 54.1 Å². The maximum atomic E-state index is 9.90. The fourth-order valence-electron chi connectivity index (χ4n) is 2.09. The second kappa shape index (κ2) is 11.9.